The minimum absolute atomic E-state index is 0.184. The average Bonchev–Trinajstić information content (AvgIpc) is 3.35. The highest BCUT2D eigenvalue weighted by Gasteiger charge is 2.31. The molecule has 1 saturated heterocycles. The van der Waals surface area contributed by atoms with E-state index in [1.54, 1.807) is 0 Å². The molecule has 26 heavy (non-hydrogen) atoms. The SMILES string of the molecule is CC(C)(C)OC(=O)N1CCC(n2cc(C3CC3)c3cc(Br)ccc32)CC1. The Kier molecular flexibility index (Phi) is 4.54. The zero-order valence-corrected chi connectivity index (χ0v) is 17.4. The molecule has 2 fully saturated rings. The van der Waals surface area contributed by atoms with E-state index in [0.29, 0.717) is 6.04 Å². The first-order chi connectivity index (χ1) is 12.3. The topological polar surface area (TPSA) is 34.5 Å². The summed E-state index contributed by atoms with van der Waals surface area (Å²) in [7, 11) is 0. The number of hydrogen-bond acceptors (Lipinski definition) is 2. The first kappa shape index (κ1) is 17.9. The van der Waals surface area contributed by atoms with Crippen LogP contribution in [0.4, 0.5) is 4.79 Å². The van der Waals surface area contributed by atoms with Crippen LogP contribution in [-0.4, -0.2) is 34.3 Å². The van der Waals surface area contributed by atoms with Crippen LogP contribution in [0.2, 0.25) is 0 Å². The second-order valence-corrected chi connectivity index (χ2v) is 9.54. The fourth-order valence-electron chi connectivity index (χ4n) is 3.93. The van der Waals surface area contributed by atoms with Gasteiger partial charge in [-0.2, -0.15) is 0 Å². The molecule has 4 rings (SSSR count). The van der Waals surface area contributed by atoms with Gasteiger partial charge in [0.05, 0.1) is 0 Å². The van der Waals surface area contributed by atoms with E-state index in [4.69, 9.17) is 4.74 Å². The smallest absolute Gasteiger partial charge is 0.410 e. The quantitative estimate of drug-likeness (QED) is 0.612. The van der Waals surface area contributed by atoms with Crippen molar-refractivity contribution in [1.29, 1.82) is 0 Å². The number of carbonyl (C=O) groups is 1. The second kappa shape index (κ2) is 6.59. The van der Waals surface area contributed by atoms with Gasteiger partial charge in [-0.1, -0.05) is 15.9 Å². The lowest BCUT2D eigenvalue weighted by Crippen LogP contribution is -2.42. The predicted octanol–water partition coefficient (Wildman–Crippen LogP) is 5.85. The predicted molar refractivity (Wildman–Crippen MR) is 108 cm³/mol. The number of likely N-dealkylation sites (tertiary alicyclic amines) is 1. The number of piperidine rings is 1. The molecule has 140 valence electrons. The summed E-state index contributed by atoms with van der Waals surface area (Å²) in [5, 5.41) is 1.39. The van der Waals surface area contributed by atoms with Crippen molar-refractivity contribution in [2.75, 3.05) is 13.1 Å². The Morgan fingerprint density at radius 3 is 2.46 bits per heavy atom. The third-order valence-electron chi connectivity index (χ3n) is 5.35. The first-order valence-electron chi connectivity index (χ1n) is 9.60. The van der Waals surface area contributed by atoms with Crippen LogP contribution < -0.4 is 0 Å². The number of aromatic nitrogens is 1. The van der Waals surface area contributed by atoms with Gasteiger partial charge < -0.3 is 14.2 Å². The fraction of sp³-hybridized carbons (Fsp3) is 0.571. The zero-order valence-electron chi connectivity index (χ0n) is 15.8. The maximum Gasteiger partial charge on any atom is 0.410 e. The molecule has 1 aliphatic heterocycles. The van der Waals surface area contributed by atoms with Crippen LogP contribution >= 0.6 is 15.9 Å². The van der Waals surface area contributed by atoms with Gasteiger partial charge in [-0.3, -0.25) is 0 Å². The number of halogens is 1. The summed E-state index contributed by atoms with van der Waals surface area (Å²) in [6.07, 6.45) is 6.76. The summed E-state index contributed by atoms with van der Waals surface area (Å²) in [6.45, 7) is 7.27. The number of rotatable bonds is 2. The molecule has 0 bridgehead atoms. The van der Waals surface area contributed by atoms with Crippen molar-refractivity contribution in [2.24, 2.45) is 0 Å². The van der Waals surface area contributed by atoms with Gasteiger partial charge in [0.15, 0.2) is 0 Å². The number of nitrogens with zero attached hydrogens (tertiary/aromatic N) is 2. The maximum atomic E-state index is 12.3. The fourth-order valence-corrected chi connectivity index (χ4v) is 4.29. The number of fused-ring (bicyclic) bond motifs is 1. The van der Waals surface area contributed by atoms with Crippen molar-refractivity contribution in [3.05, 3.63) is 34.4 Å². The van der Waals surface area contributed by atoms with Crippen molar-refractivity contribution >= 4 is 32.9 Å². The summed E-state index contributed by atoms with van der Waals surface area (Å²) in [5.74, 6) is 0.731. The van der Waals surface area contributed by atoms with Gasteiger partial charge in [0.2, 0.25) is 0 Å². The second-order valence-electron chi connectivity index (χ2n) is 8.63. The van der Waals surface area contributed by atoms with Crippen LogP contribution in [0.5, 0.6) is 0 Å². The Hall–Kier alpha value is -1.49. The minimum atomic E-state index is -0.433. The summed E-state index contributed by atoms with van der Waals surface area (Å²) in [6, 6.07) is 7.07. The molecule has 0 unspecified atom stereocenters. The van der Waals surface area contributed by atoms with Crippen LogP contribution in [0.1, 0.15) is 64.0 Å². The lowest BCUT2D eigenvalue weighted by Gasteiger charge is -2.34. The van der Waals surface area contributed by atoms with E-state index in [9.17, 15) is 4.79 Å². The van der Waals surface area contributed by atoms with E-state index < -0.39 is 5.60 Å². The number of ether oxygens (including phenoxy) is 1. The van der Waals surface area contributed by atoms with Crippen LogP contribution in [0, 0.1) is 0 Å². The van der Waals surface area contributed by atoms with Gasteiger partial charge in [0, 0.05) is 40.7 Å². The van der Waals surface area contributed by atoms with Crippen molar-refractivity contribution in [1.82, 2.24) is 9.47 Å². The van der Waals surface area contributed by atoms with Crippen LogP contribution in [0.15, 0.2) is 28.9 Å². The first-order valence-corrected chi connectivity index (χ1v) is 10.4. The molecule has 1 aromatic heterocycles. The number of amides is 1. The minimum Gasteiger partial charge on any atom is -0.444 e. The summed E-state index contributed by atoms with van der Waals surface area (Å²) < 4.78 is 9.12. The highest BCUT2D eigenvalue weighted by atomic mass is 79.9. The van der Waals surface area contributed by atoms with Gasteiger partial charge in [0.1, 0.15) is 5.60 Å². The molecule has 2 heterocycles. The molecule has 0 N–H and O–H groups in total. The summed E-state index contributed by atoms with van der Waals surface area (Å²) >= 11 is 3.62. The van der Waals surface area contributed by atoms with Gasteiger partial charge in [-0.15, -0.1) is 0 Å². The monoisotopic (exact) mass is 418 g/mol. The number of benzene rings is 1. The molecule has 2 aliphatic rings. The summed E-state index contributed by atoms with van der Waals surface area (Å²) in [4.78, 5) is 14.2. The number of carbonyl (C=O) groups excluding carboxylic acids is 1. The molecule has 1 amide bonds. The molecule has 0 atom stereocenters. The van der Waals surface area contributed by atoms with Crippen LogP contribution in [-0.2, 0) is 4.74 Å². The molecule has 4 nitrogen and oxygen atoms in total. The number of hydrogen-bond donors (Lipinski definition) is 0. The molecule has 5 heteroatoms. The van der Waals surface area contributed by atoms with E-state index in [1.165, 1.54) is 29.3 Å². The molecule has 1 aromatic carbocycles. The van der Waals surface area contributed by atoms with Gasteiger partial charge in [-0.05, 0) is 76.1 Å². The van der Waals surface area contributed by atoms with E-state index in [2.05, 4.69) is 44.9 Å². The molecule has 0 spiro atoms. The lowest BCUT2D eigenvalue weighted by molar-refractivity contribution is 0.0189. The van der Waals surface area contributed by atoms with Crippen molar-refractivity contribution in [3.63, 3.8) is 0 Å². The Morgan fingerprint density at radius 1 is 1.15 bits per heavy atom. The molecule has 1 aliphatic carbocycles. The Balaban J connectivity index is 1.52. The van der Waals surface area contributed by atoms with Crippen LogP contribution in [0.25, 0.3) is 10.9 Å². The van der Waals surface area contributed by atoms with Gasteiger partial charge in [0.25, 0.3) is 0 Å². The molecule has 2 aromatic rings. The Morgan fingerprint density at radius 2 is 1.85 bits per heavy atom. The molecule has 1 saturated carbocycles. The Bertz CT molecular complexity index is 824. The van der Waals surface area contributed by atoms with E-state index in [-0.39, 0.29) is 6.09 Å². The average molecular weight is 419 g/mol. The van der Waals surface area contributed by atoms with E-state index in [1.807, 2.05) is 25.7 Å². The van der Waals surface area contributed by atoms with Gasteiger partial charge >= 0.3 is 6.09 Å². The standard InChI is InChI=1S/C21H27BrN2O2/c1-21(2,3)26-20(25)23-10-8-16(9-11-23)24-13-18(14-4-5-14)17-12-15(22)6-7-19(17)24/h6-7,12-14,16H,4-5,8-11H2,1-3H3. The maximum absolute atomic E-state index is 12.3. The Labute approximate surface area is 163 Å². The van der Waals surface area contributed by atoms with Crippen molar-refractivity contribution in [3.8, 4) is 0 Å². The van der Waals surface area contributed by atoms with Crippen LogP contribution in [0.3, 0.4) is 0 Å². The molecular formula is C21H27BrN2O2. The third-order valence-corrected chi connectivity index (χ3v) is 5.85. The largest absolute Gasteiger partial charge is 0.444 e. The van der Waals surface area contributed by atoms with Gasteiger partial charge in [-0.25, -0.2) is 4.79 Å². The van der Waals surface area contributed by atoms with E-state index >= 15 is 0 Å². The van der Waals surface area contributed by atoms with Crippen molar-refractivity contribution in [2.45, 2.75) is 64.0 Å². The third kappa shape index (κ3) is 3.64. The summed E-state index contributed by atoms with van der Waals surface area (Å²) in [5.41, 5.74) is 2.39. The highest BCUT2D eigenvalue weighted by Crippen LogP contribution is 2.45. The zero-order chi connectivity index (χ0) is 18.5. The molecular weight excluding hydrogens is 392 g/mol. The van der Waals surface area contributed by atoms with E-state index in [0.717, 1.165) is 36.3 Å². The van der Waals surface area contributed by atoms with Crippen molar-refractivity contribution < 1.29 is 9.53 Å². The lowest BCUT2D eigenvalue weighted by atomic mass is 10.0. The highest BCUT2D eigenvalue weighted by molar-refractivity contribution is 9.10. The molecule has 0 radical (unpaired) electrons. The normalized spacial score (nSPS) is 19.2.